The van der Waals surface area contributed by atoms with Crippen LogP contribution in [0.1, 0.15) is 58.6 Å². The summed E-state index contributed by atoms with van der Waals surface area (Å²) in [5.74, 6) is 1.34. The van der Waals surface area contributed by atoms with Gasteiger partial charge < -0.3 is 5.32 Å². The first-order valence-corrected chi connectivity index (χ1v) is 7.60. The lowest BCUT2D eigenvalue weighted by Gasteiger charge is -2.26. The molecule has 0 saturated carbocycles. The summed E-state index contributed by atoms with van der Waals surface area (Å²) in [7, 11) is 0. The van der Waals surface area contributed by atoms with Gasteiger partial charge >= 0.3 is 0 Å². The van der Waals surface area contributed by atoms with Crippen LogP contribution in [0.25, 0.3) is 0 Å². The number of rotatable bonds is 7. The van der Waals surface area contributed by atoms with Gasteiger partial charge in [0.05, 0.1) is 0 Å². The molecule has 0 aliphatic heterocycles. The van der Waals surface area contributed by atoms with Gasteiger partial charge in [-0.2, -0.15) is 0 Å². The van der Waals surface area contributed by atoms with Gasteiger partial charge in [0.15, 0.2) is 0 Å². The Labute approximate surface area is 119 Å². The molecular formula is C18H31N. The van der Waals surface area contributed by atoms with Crippen molar-refractivity contribution in [2.45, 2.75) is 53.9 Å². The number of hydrogen-bond acceptors (Lipinski definition) is 1. The zero-order chi connectivity index (χ0) is 14.5. The molecule has 0 atom stereocenters. The molecule has 0 fully saturated rings. The Balaban J connectivity index is 2.52. The Morgan fingerprint density at radius 1 is 1.00 bits per heavy atom. The predicted molar refractivity (Wildman–Crippen MR) is 85.7 cm³/mol. The maximum Gasteiger partial charge on any atom is 0.000581 e. The Hall–Kier alpha value is -0.820. The predicted octanol–water partition coefficient (Wildman–Crippen LogP) is 4.62. The SMILES string of the molecule is CC(C)CNCC(C)(C)Cc1ccc(C(C)C)cc1. The summed E-state index contributed by atoms with van der Waals surface area (Å²) in [4.78, 5) is 0. The van der Waals surface area contributed by atoms with Crippen molar-refractivity contribution in [2.75, 3.05) is 13.1 Å². The van der Waals surface area contributed by atoms with Crippen LogP contribution in [-0.4, -0.2) is 13.1 Å². The lowest BCUT2D eigenvalue weighted by molar-refractivity contribution is 0.330. The molecule has 0 heterocycles. The second-order valence-corrected chi connectivity index (χ2v) is 7.26. The molecule has 0 unspecified atom stereocenters. The van der Waals surface area contributed by atoms with Crippen LogP contribution in [0, 0.1) is 11.3 Å². The molecule has 1 N–H and O–H groups in total. The van der Waals surface area contributed by atoms with Gasteiger partial charge in [-0.25, -0.2) is 0 Å². The van der Waals surface area contributed by atoms with E-state index in [0.717, 1.165) is 25.4 Å². The standard InChI is InChI=1S/C18H31N/c1-14(2)12-19-13-18(5,6)11-16-7-9-17(10-8-16)15(3)4/h7-10,14-15,19H,11-13H2,1-6H3. The fourth-order valence-electron chi connectivity index (χ4n) is 2.33. The molecule has 0 aliphatic rings. The fourth-order valence-corrected chi connectivity index (χ4v) is 2.33. The molecule has 1 rings (SSSR count). The summed E-state index contributed by atoms with van der Waals surface area (Å²) in [5.41, 5.74) is 3.19. The third-order valence-corrected chi connectivity index (χ3v) is 3.49. The first kappa shape index (κ1) is 16.2. The van der Waals surface area contributed by atoms with Crippen LogP contribution < -0.4 is 5.32 Å². The topological polar surface area (TPSA) is 12.0 Å². The van der Waals surface area contributed by atoms with Gasteiger partial charge in [-0.3, -0.25) is 0 Å². The molecule has 0 amide bonds. The number of hydrogen-bond donors (Lipinski definition) is 1. The Bertz CT molecular complexity index is 360. The van der Waals surface area contributed by atoms with Crippen LogP contribution in [0.3, 0.4) is 0 Å². The first-order valence-electron chi connectivity index (χ1n) is 7.60. The largest absolute Gasteiger partial charge is 0.316 e. The van der Waals surface area contributed by atoms with E-state index in [-0.39, 0.29) is 0 Å². The maximum absolute atomic E-state index is 3.57. The maximum atomic E-state index is 3.57. The van der Waals surface area contributed by atoms with E-state index in [0.29, 0.717) is 11.3 Å². The van der Waals surface area contributed by atoms with Crippen molar-refractivity contribution in [1.82, 2.24) is 5.32 Å². The molecule has 0 bridgehead atoms. The second-order valence-electron chi connectivity index (χ2n) is 7.26. The molecule has 0 aliphatic carbocycles. The van der Waals surface area contributed by atoms with Crippen molar-refractivity contribution in [3.05, 3.63) is 35.4 Å². The van der Waals surface area contributed by atoms with Gasteiger partial charge in [0.25, 0.3) is 0 Å². The van der Waals surface area contributed by atoms with E-state index in [1.165, 1.54) is 11.1 Å². The van der Waals surface area contributed by atoms with Crippen LogP contribution in [0.15, 0.2) is 24.3 Å². The van der Waals surface area contributed by atoms with Crippen molar-refractivity contribution in [2.24, 2.45) is 11.3 Å². The van der Waals surface area contributed by atoms with Gasteiger partial charge in [-0.1, -0.05) is 65.8 Å². The summed E-state index contributed by atoms with van der Waals surface area (Å²) < 4.78 is 0. The van der Waals surface area contributed by atoms with Crippen LogP contribution in [0.5, 0.6) is 0 Å². The normalized spacial score (nSPS) is 12.4. The van der Waals surface area contributed by atoms with Crippen molar-refractivity contribution in [1.29, 1.82) is 0 Å². The average molecular weight is 261 g/mol. The summed E-state index contributed by atoms with van der Waals surface area (Å²) >= 11 is 0. The summed E-state index contributed by atoms with van der Waals surface area (Å²) in [6.45, 7) is 15.9. The van der Waals surface area contributed by atoms with Gasteiger partial charge in [0.1, 0.15) is 0 Å². The zero-order valence-electron chi connectivity index (χ0n) is 13.6. The highest BCUT2D eigenvalue weighted by Gasteiger charge is 2.18. The van der Waals surface area contributed by atoms with E-state index in [1.54, 1.807) is 0 Å². The van der Waals surface area contributed by atoms with Crippen molar-refractivity contribution >= 4 is 0 Å². The highest BCUT2D eigenvalue weighted by Crippen LogP contribution is 2.22. The summed E-state index contributed by atoms with van der Waals surface area (Å²) in [5, 5.41) is 3.57. The van der Waals surface area contributed by atoms with Crippen LogP contribution in [0.2, 0.25) is 0 Å². The fraction of sp³-hybridized carbons (Fsp3) is 0.667. The molecule has 1 nitrogen and oxygen atoms in total. The van der Waals surface area contributed by atoms with E-state index < -0.39 is 0 Å². The van der Waals surface area contributed by atoms with Crippen molar-refractivity contribution < 1.29 is 0 Å². The lowest BCUT2D eigenvalue weighted by Crippen LogP contribution is -2.33. The Morgan fingerprint density at radius 2 is 1.58 bits per heavy atom. The first-order chi connectivity index (χ1) is 8.80. The minimum absolute atomic E-state index is 0.314. The molecule has 1 heteroatoms. The highest BCUT2D eigenvalue weighted by molar-refractivity contribution is 5.25. The molecule has 0 aromatic heterocycles. The smallest absolute Gasteiger partial charge is 0.000581 e. The number of nitrogens with one attached hydrogen (secondary N) is 1. The van der Waals surface area contributed by atoms with E-state index in [2.05, 4.69) is 71.1 Å². The highest BCUT2D eigenvalue weighted by atomic mass is 14.9. The van der Waals surface area contributed by atoms with Gasteiger partial charge in [-0.15, -0.1) is 0 Å². The lowest BCUT2D eigenvalue weighted by atomic mass is 9.85. The van der Waals surface area contributed by atoms with E-state index in [9.17, 15) is 0 Å². The molecule has 1 aromatic rings. The van der Waals surface area contributed by atoms with Crippen LogP contribution in [-0.2, 0) is 6.42 Å². The van der Waals surface area contributed by atoms with Gasteiger partial charge in [0.2, 0.25) is 0 Å². The summed E-state index contributed by atoms with van der Waals surface area (Å²) in [6.07, 6.45) is 1.14. The molecule has 1 aromatic carbocycles. The van der Waals surface area contributed by atoms with Crippen molar-refractivity contribution in [3.63, 3.8) is 0 Å². The molecule has 19 heavy (non-hydrogen) atoms. The third kappa shape index (κ3) is 6.24. The molecule has 0 spiro atoms. The third-order valence-electron chi connectivity index (χ3n) is 3.49. The minimum Gasteiger partial charge on any atom is -0.316 e. The average Bonchev–Trinajstić information content (AvgIpc) is 2.28. The molecule has 0 radical (unpaired) electrons. The quantitative estimate of drug-likeness (QED) is 0.755. The summed E-state index contributed by atoms with van der Waals surface area (Å²) in [6, 6.07) is 9.13. The Morgan fingerprint density at radius 3 is 2.05 bits per heavy atom. The van der Waals surface area contributed by atoms with Crippen LogP contribution in [0.4, 0.5) is 0 Å². The van der Waals surface area contributed by atoms with Crippen molar-refractivity contribution in [3.8, 4) is 0 Å². The van der Waals surface area contributed by atoms with E-state index >= 15 is 0 Å². The van der Waals surface area contributed by atoms with E-state index in [1.807, 2.05) is 0 Å². The van der Waals surface area contributed by atoms with E-state index in [4.69, 9.17) is 0 Å². The molecule has 0 saturated heterocycles. The minimum atomic E-state index is 0.314. The van der Waals surface area contributed by atoms with Gasteiger partial charge in [0, 0.05) is 6.54 Å². The second kappa shape index (κ2) is 7.09. The van der Waals surface area contributed by atoms with Gasteiger partial charge in [-0.05, 0) is 41.3 Å². The molecule has 108 valence electrons. The Kier molecular flexibility index (Phi) is 6.06. The monoisotopic (exact) mass is 261 g/mol. The number of benzene rings is 1. The molecular weight excluding hydrogens is 230 g/mol. The van der Waals surface area contributed by atoms with Crippen LogP contribution >= 0.6 is 0 Å². The zero-order valence-corrected chi connectivity index (χ0v) is 13.6.